The van der Waals surface area contributed by atoms with Crippen molar-refractivity contribution in [3.8, 4) is 34.5 Å². The molecule has 0 unspecified atom stereocenters. The fourth-order valence-corrected chi connectivity index (χ4v) is 17.8. The Bertz CT molecular complexity index is 4460. The van der Waals surface area contributed by atoms with Crippen molar-refractivity contribution in [2.45, 2.75) is 211 Å². The minimum absolute atomic E-state index is 0.0454. The largest absolute Gasteiger partial charge is 0.519 e. The lowest BCUT2D eigenvalue weighted by atomic mass is 9.59. The minimum atomic E-state index is -0.940. The second kappa shape index (κ2) is 36.8. The van der Waals surface area contributed by atoms with Gasteiger partial charge in [-0.15, -0.1) is 0 Å². The summed E-state index contributed by atoms with van der Waals surface area (Å²) < 4.78 is 44.4. The normalized spacial score (nSPS) is 22.7. The lowest BCUT2D eigenvalue weighted by molar-refractivity contribution is -0.384. The quantitative estimate of drug-likeness (QED) is 0.0224. The standard InChI is InChI=1S/C34H39NO5.C31H32N2O7.C26H33NO3/c1-3-38-28-16-13-24(14-17-28)20-31(36)40-29-18-15-26-21-27-12-8-5-9-19-34(2,30(26)22-29)32(27)35-33(37)39-23-25-10-6-4-7-11-25;1-31-17-7-3-6-10-23(28(31)32-29(34)38-20-21-8-4-2-5-9-21)18-22-11-14-26(19-27(22)31)40-30(35)39-25-15-12-24(13-16-25)33(36)37;1-3-29-21-11-8-18(9-12-21)15-24(28)30-22-13-10-19-16-20-7-5-4-6-14-26(2,25(20)27)23(19)17-22/h4,6-7,10-11,13-18,22,27,32H,3,5,8-9,12,19-21,23H2,1-2H3,(H,35,37);2,4-5,8-9,11-16,19,23,28H,3,6-7,10,17-18,20H2,1H3,(H,32,34);8-13,17,20,25H,3-7,14-16,27H2,1-2H3/t27-,32-,34+;23-,28-,31+;20-,25-,26+/m000/s1. The van der Waals surface area contributed by atoms with Gasteiger partial charge in [-0.05, 0) is 218 Å². The fourth-order valence-electron chi connectivity index (χ4n) is 17.8. The van der Waals surface area contributed by atoms with Gasteiger partial charge in [0, 0.05) is 46.5 Å². The smallest absolute Gasteiger partial charge is 0.494 e. The summed E-state index contributed by atoms with van der Waals surface area (Å²) in [5.74, 6) is 3.82. The molecule has 578 valence electrons. The van der Waals surface area contributed by atoms with Crippen LogP contribution in [0.25, 0.3) is 0 Å². The third-order valence-electron chi connectivity index (χ3n) is 23.5. The molecule has 3 fully saturated rings. The number of hydrogen-bond donors (Lipinski definition) is 3. The second-order valence-electron chi connectivity index (χ2n) is 31.0. The van der Waals surface area contributed by atoms with E-state index in [0.29, 0.717) is 42.3 Å². The third kappa shape index (κ3) is 19.9. The molecule has 19 heteroatoms. The van der Waals surface area contributed by atoms with Crippen LogP contribution in [0.5, 0.6) is 34.5 Å². The molecule has 0 spiro atoms. The second-order valence-corrected chi connectivity index (χ2v) is 31.0. The Morgan fingerprint density at radius 1 is 0.427 bits per heavy atom. The SMILES string of the molecule is CCOc1ccc(CC(=O)Oc2ccc3c(c2)[C@@]2(C)CCCCC[C@@H](C3)[C@@H]2N)cc1.CCOc1ccc(CC(=O)Oc2ccc3c(c2)[C@@]2(C)CCCCC[C@@H](C3)[C@@H]2NC(=O)OCc2ccccc2)cc1.C[C@@]12CCCCC[C@@H](Cc3ccc(OC(=O)Oc4ccc([N+](=O)[O-])cc4)cc31)[C@@H]2NC(=O)OCc1ccccc1. The summed E-state index contributed by atoms with van der Waals surface area (Å²) in [5, 5.41) is 17.3. The molecule has 6 aliphatic rings. The van der Waals surface area contributed by atoms with Crippen molar-refractivity contribution in [3.63, 3.8) is 0 Å². The van der Waals surface area contributed by atoms with Gasteiger partial charge < -0.3 is 54.3 Å². The Labute approximate surface area is 645 Å². The number of carbonyl (C=O) groups is 5. The third-order valence-corrected chi connectivity index (χ3v) is 23.5. The number of rotatable bonds is 19. The van der Waals surface area contributed by atoms with E-state index in [-0.39, 0.29) is 95.8 Å². The zero-order chi connectivity index (χ0) is 77.2. The summed E-state index contributed by atoms with van der Waals surface area (Å²) in [4.78, 5) is 74.2. The predicted octanol–water partition coefficient (Wildman–Crippen LogP) is 18.7. The molecule has 0 radical (unpaired) electrons. The number of hydrogen-bond acceptors (Lipinski definition) is 16. The first-order valence-corrected chi connectivity index (χ1v) is 39.3. The summed E-state index contributed by atoms with van der Waals surface area (Å²) in [6.45, 7) is 12.3. The molecule has 0 saturated heterocycles. The molecule has 6 bridgehead atoms. The molecular weight excluding hydrogens is 1390 g/mol. The lowest BCUT2D eigenvalue weighted by Crippen LogP contribution is -2.57. The van der Waals surface area contributed by atoms with E-state index in [1.807, 2.05) is 153 Å². The number of nitro groups is 1. The number of ether oxygens (including phenoxy) is 8. The molecule has 110 heavy (non-hydrogen) atoms. The maximum atomic E-state index is 13.0. The lowest BCUT2D eigenvalue weighted by Gasteiger charge is -2.49. The molecule has 14 rings (SSSR count). The van der Waals surface area contributed by atoms with Gasteiger partial charge in [0.2, 0.25) is 0 Å². The molecule has 0 aliphatic heterocycles. The number of nitrogens with zero attached hydrogens (tertiary/aromatic N) is 1. The Kier molecular flexibility index (Phi) is 26.4. The summed E-state index contributed by atoms with van der Waals surface area (Å²) >= 11 is 0. The monoisotopic (exact) mass is 1490 g/mol. The summed E-state index contributed by atoms with van der Waals surface area (Å²) in [6, 6.07) is 57.4. The molecule has 4 N–H and O–H groups in total. The first-order valence-electron chi connectivity index (χ1n) is 39.3. The number of nitrogens with two attached hydrogens (primary N) is 1. The van der Waals surface area contributed by atoms with Crippen molar-refractivity contribution < 1.29 is 66.8 Å². The van der Waals surface area contributed by atoms with E-state index in [0.717, 1.165) is 128 Å². The average Bonchev–Trinajstić information content (AvgIpc) is 0.741. The number of esters is 2. The molecule has 0 heterocycles. The molecule has 2 amide bonds. The van der Waals surface area contributed by atoms with E-state index >= 15 is 0 Å². The van der Waals surface area contributed by atoms with E-state index in [1.165, 1.54) is 78.6 Å². The van der Waals surface area contributed by atoms with Crippen LogP contribution < -0.4 is 44.8 Å². The van der Waals surface area contributed by atoms with Crippen LogP contribution in [0.4, 0.5) is 20.1 Å². The van der Waals surface area contributed by atoms with Gasteiger partial charge in [0.05, 0.1) is 31.0 Å². The Morgan fingerprint density at radius 3 is 1.21 bits per heavy atom. The molecule has 8 aromatic carbocycles. The highest BCUT2D eigenvalue weighted by Gasteiger charge is 2.49. The van der Waals surface area contributed by atoms with E-state index in [9.17, 15) is 34.1 Å². The van der Waals surface area contributed by atoms with Gasteiger partial charge in [-0.25, -0.2) is 14.4 Å². The van der Waals surface area contributed by atoms with Crippen molar-refractivity contribution >= 4 is 36.0 Å². The fraction of sp³-hybridized carbons (Fsp3) is 0.418. The van der Waals surface area contributed by atoms with Crippen LogP contribution >= 0.6 is 0 Å². The van der Waals surface area contributed by atoms with Crippen LogP contribution in [-0.4, -0.2) is 66.5 Å². The topological polar surface area (TPSA) is 252 Å². The van der Waals surface area contributed by atoms with Crippen LogP contribution in [0.3, 0.4) is 0 Å². The van der Waals surface area contributed by atoms with Crippen LogP contribution in [-0.2, 0) is 80.6 Å². The van der Waals surface area contributed by atoms with Crippen LogP contribution in [0, 0.1) is 27.9 Å². The summed E-state index contributed by atoms with van der Waals surface area (Å²) in [5.41, 5.74) is 16.9. The molecule has 8 aromatic rings. The van der Waals surface area contributed by atoms with Crippen molar-refractivity contribution in [1.29, 1.82) is 0 Å². The number of nitrogens with one attached hydrogen (secondary N) is 2. The zero-order valence-electron chi connectivity index (χ0n) is 64.0. The number of amides is 2. The van der Waals surface area contributed by atoms with Gasteiger partial charge in [-0.2, -0.15) is 0 Å². The maximum Gasteiger partial charge on any atom is 0.519 e. The van der Waals surface area contributed by atoms with E-state index in [4.69, 9.17) is 43.6 Å². The molecule has 19 nitrogen and oxygen atoms in total. The van der Waals surface area contributed by atoms with Gasteiger partial charge in [0.25, 0.3) is 5.69 Å². The number of fused-ring (bicyclic) bond motifs is 12. The minimum Gasteiger partial charge on any atom is -0.494 e. The molecule has 6 aliphatic carbocycles. The van der Waals surface area contributed by atoms with Crippen molar-refractivity contribution in [2.24, 2.45) is 23.5 Å². The van der Waals surface area contributed by atoms with Gasteiger partial charge in [0.15, 0.2) is 0 Å². The zero-order valence-corrected chi connectivity index (χ0v) is 64.0. The van der Waals surface area contributed by atoms with Crippen molar-refractivity contribution in [2.75, 3.05) is 13.2 Å². The van der Waals surface area contributed by atoms with E-state index in [2.05, 4.69) is 49.6 Å². The first kappa shape index (κ1) is 79.0. The van der Waals surface area contributed by atoms with Crippen LogP contribution in [0.1, 0.15) is 187 Å². The summed E-state index contributed by atoms with van der Waals surface area (Å²) in [7, 11) is 0. The summed E-state index contributed by atoms with van der Waals surface area (Å²) in [6.07, 6.45) is 18.1. The van der Waals surface area contributed by atoms with Gasteiger partial charge >= 0.3 is 30.3 Å². The van der Waals surface area contributed by atoms with Crippen LogP contribution in [0.2, 0.25) is 0 Å². The van der Waals surface area contributed by atoms with Crippen molar-refractivity contribution in [1.82, 2.24) is 10.6 Å². The molecular formula is C91H104N4O15. The maximum absolute atomic E-state index is 13.0. The van der Waals surface area contributed by atoms with E-state index in [1.54, 1.807) is 6.07 Å². The predicted molar refractivity (Wildman–Crippen MR) is 421 cm³/mol. The Morgan fingerprint density at radius 2 is 0.791 bits per heavy atom. The Hall–Kier alpha value is -10.5. The number of carbonyl (C=O) groups excluding carboxylic acids is 5. The van der Waals surface area contributed by atoms with Gasteiger partial charge in [0.1, 0.15) is 47.7 Å². The number of non-ortho nitro benzene ring substituents is 1. The number of alkyl carbamates (subject to hydrolysis) is 2. The highest BCUT2D eigenvalue weighted by Crippen LogP contribution is 2.51. The van der Waals surface area contributed by atoms with E-state index < -0.39 is 17.2 Å². The highest BCUT2D eigenvalue weighted by molar-refractivity contribution is 5.76. The van der Waals surface area contributed by atoms with Gasteiger partial charge in [-0.1, -0.05) is 182 Å². The number of nitro benzene ring substituents is 1. The number of benzene rings is 8. The van der Waals surface area contributed by atoms with Crippen LogP contribution in [0.15, 0.2) is 188 Å². The van der Waals surface area contributed by atoms with Gasteiger partial charge in [-0.3, -0.25) is 19.7 Å². The average molecular weight is 1490 g/mol. The molecule has 3 saturated carbocycles. The molecule has 0 aromatic heterocycles. The van der Waals surface area contributed by atoms with Crippen molar-refractivity contribution in [3.05, 3.63) is 254 Å². The Balaban J connectivity index is 0.000000155. The highest BCUT2D eigenvalue weighted by atomic mass is 16.7. The first-order chi connectivity index (χ1) is 53.2. The molecule has 9 atom stereocenters.